The van der Waals surface area contributed by atoms with Gasteiger partial charge in [-0.15, -0.1) is 0 Å². The number of rotatable bonds is 2. The molecule has 0 bridgehead atoms. The standard InChI is InChI=1S/C15H19N3/c1-9-15(10(2)18-17-9)12-5-4-11-6-7-14(16-3)13(11)8-12/h4-5,8,14,16H,6-7H2,1-3H3,(H,17,18). The number of aromatic amines is 1. The van der Waals surface area contributed by atoms with Crippen LogP contribution in [-0.4, -0.2) is 17.2 Å². The summed E-state index contributed by atoms with van der Waals surface area (Å²) >= 11 is 0. The Morgan fingerprint density at radius 3 is 2.83 bits per heavy atom. The van der Waals surface area contributed by atoms with E-state index < -0.39 is 0 Å². The number of aromatic nitrogens is 2. The van der Waals surface area contributed by atoms with E-state index >= 15 is 0 Å². The van der Waals surface area contributed by atoms with E-state index in [1.54, 1.807) is 0 Å². The van der Waals surface area contributed by atoms with Gasteiger partial charge in [0.25, 0.3) is 0 Å². The van der Waals surface area contributed by atoms with Gasteiger partial charge in [-0.3, -0.25) is 5.10 Å². The van der Waals surface area contributed by atoms with Crippen molar-refractivity contribution in [2.24, 2.45) is 0 Å². The molecule has 0 saturated carbocycles. The first-order valence-electron chi connectivity index (χ1n) is 6.52. The molecular weight excluding hydrogens is 222 g/mol. The van der Waals surface area contributed by atoms with Gasteiger partial charge < -0.3 is 5.32 Å². The van der Waals surface area contributed by atoms with E-state index in [1.807, 2.05) is 7.05 Å². The zero-order chi connectivity index (χ0) is 12.7. The second kappa shape index (κ2) is 4.25. The van der Waals surface area contributed by atoms with Gasteiger partial charge in [0.05, 0.1) is 5.69 Å². The smallest absolute Gasteiger partial charge is 0.0672 e. The van der Waals surface area contributed by atoms with Crippen molar-refractivity contribution in [1.82, 2.24) is 15.5 Å². The number of nitrogens with zero attached hydrogens (tertiary/aromatic N) is 1. The number of aryl methyl sites for hydroxylation is 3. The molecule has 0 amide bonds. The topological polar surface area (TPSA) is 40.7 Å². The Balaban J connectivity index is 2.10. The molecule has 0 fully saturated rings. The molecule has 1 aromatic carbocycles. The normalized spacial score (nSPS) is 18.1. The molecule has 1 heterocycles. The fourth-order valence-electron chi connectivity index (χ4n) is 3.03. The van der Waals surface area contributed by atoms with Crippen LogP contribution in [0.15, 0.2) is 18.2 Å². The van der Waals surface area contributed by atoms with Gasteiger partial charge in [-0.1, -0.05) is 12.1 Å². The SMILES string of the molecule is CNC1CCc2ccc(-c3c(C)n[nH]c3C)cc21. The lowest BCUT2D eigenvalue weighted by atomic mass is 9.98. The van der Waals surface area contributed by atoms with E-state index in [-0.39, 0.29) is 0 Å². The Morgan fingerprint density at radius 1 is 1.33 bits per heavy atom. The number of nitrogens with one attached hydrogen (secondary N) is 2. The third-order valence-corrected chi connectivity index (χ3v) is 3.99. The van der Waals surface area contributed by atoms with E-state index in [0.29, 0.717) is 6.04 Å². The Kier molecular flexibility index (Phi) is 2.71. The molecule has 3 rings (SSSR count). The molecule has 1 unspecified atom stereocenters. The highest BCUT2D eigenvalue weighted by Crippen LogP contribution is 2.35. The lowest BCUT2D eigenvalue weighted by Crippen LogP contribution is -2.12. The first-order valence-corrected chi connectivity index (χ1v) is 6.52. The average molecular weight is 241 g/mol. The van der Waals surface area contributed by atoms with Crippen LogP contribution < -0.4 is 5.32 Å². The largest absolute Gasteiger partial charge is 0.313 e. The minimum absolute atomic E-state index is 0.507. The quantitative estimate of drug-likeness (QED) is 0.848. The number of benzene rings is 1. The molecule has 3 nitrogen and oxygen atoms in total. The van der Waals surface area contributed by atoms with Crippen molar-refractivity contribution in [3.63, 3.8) is 0 Å². The summed E-state index contributed by atoms with van der Waals surface area (Å²) in [6, 6.07) is 7.33. The molecule has 1 aromatic heterocycles. The van der Waals surface area contributed by atoms with Crippen molar-refractivity contribution < 1.29 is 0 Å². The summed E-state index contributed by atoms with van der Waals surface area (Å²) in [5.41, 5.74) is 7.68. The third kappa shape index (κ3) is 1.66. The molecule has 0 spiro atoms. The lowest BCUT2D eigenvalue weighted by Gasteiger charge is -2.11. The summed E-state index contributed by atoms with van der Waals surface area (Å²) in [6.45, 7) is 4.14. The summed E-state index contributed by atoms with van der Waals surface area (Å²) in [6.07, 6.45) is 2.39. The van der Waals surface area contributed by atoms with Crippen LogP contribution in [0.2, 0.25) is 0 Å². The summed E-state index contributed by atoms with van der Waals surface area (Å²) in [5, 5.41) is 10.7. The molecule has 2 N–H and O–H groups in total. The summed E-state index contributed by atoms with van der Waals surface area (Å²) in [5.74, 6) is 0. The molecule has 1 aliphatic carbocycles. The zero-order valence-electron chi connectivity index (χ0n) is 11.2. The Bertz CT molecular complexity index is 564. The Hall–Kier alpha value is -1.61. The highest BCUT2D eigenvalue weighted by atomic mass is 15.1. The Morgan fingerprint density at radius 2 is 2.17 bits per heavy atom. The number of fused-ring (bicyclic) bond motifs is 1. The van der Waals surface area contributed by atoms with Crippen LogP contribution in [0.3, 0.4) is 0 Å². The predicted octanol–water partition coefficient (Wildman–Crippen LogP) is 2.90. The van der Waals surface area contributed by atoms with E-state index in [4.69, 9.17) is 0 Å². The van der Waals surface area contributed by atoms with E-state index in [1.165, 1.54) is 35.1 Å². The van der Waals surface area contributed by atoms with Gasteiger partial charge in [0.15, 0.2) is 0 Å². The fraction of sp³-hybridized carbons (Fsp3) is 0.400. The van der Waals surface area contributed by atoms with Crippen molar-refractivity contribution in [3.8, 4) is 11.1 Å². The van der Waals surface area contributed by atoms with Gasteiger partial charge in [-0.2, -0.15) is 5.10 Å². The molecule has 0 radical (unpaired) electrons. The van der Waals surface area contributed by atoms with Crippen LogP contribution >= 0.6 is 0 Å². The van der Waals surface area contributed by atoms with Crippen molar-refractivity contribution in [1.29, 1.82) is 0 Å². The van der Waals surface area contributed by atoms with Crippen molar-refractivity contribution in [2.45, 2.75) is 32.7 Å². The first kappa shape index (κ1) is 11.5. The lowest BCUT2D eigenvalue weighted by molar-refractivity contribution is 0.590. The maximum Gasteiger partial charge on any atom is 0.0672 e. The average Bonchev–Trinajstić information content (AvgIpc) is 2.92. The molecule has 94 valence electrons. The highest BCUT2D eigenvalue weighted by Gasteiger charge is 2.22. The maximum absolute atomic E-state index is 4.28. The van der Waals surface area contributed by atoms with Crippen LogP contribution in [0.25, 0.3) is 11.1 Å². The van der Waals surface area contributed by atoms with Gasteiger partial charge in [-0.25, -0.2) is 0 Å². The Labute approximate surface area is 108 Å². The summed E-state index contributed by atoms with van der Waals surface area (Å²) in [4.78, 5) is 0. The van der Waals surface area contributed by atoms with Crippen LogP contribution in [0.1, 0.15) is 35.0 Å². The summed E-state index contributed by atoms with van der Waals surface area (Å²) < 4.78 is 0. The molecular formula is C15H19N3. The molecule has 0 saturated heterocycles. The molecule has 1 aliphatic rings. The number of H-pyrrole nitrogens is 1. The monoisotopic (exact) mass is 241 g/mol. The predicted molar refractivity (Wildman–Crippen MR) is 73.6 cm³/mol. The van der Waals surface area contributed by atoms with Gasteiger partial charge in [0.2, 0.25) is 0 Å². The minimum Gasteiger partial charge on any atom is -0.313 e. The van der Waals surface area contributed by atoms with Crippen molar-refractivity contribution in [2.75, 3.05) is 7.05 Å². The molecule has 1 atom stereocenters. The zero-order valence-corrected chi connectivity index (χ0v) is 11.2. The first-order chi connectivity index (χ1) is 8.70. The second-order valence-electron chi connectivity index (χ2n) is 5.10. The van der Waals surface area contributed by atoms with E-state index in [0.717, 1.165) is 11.4 Å². The highest BCUT2D eigenvalue weighted by molar-refractivity contribution is 5.69. The fourth-order valence-corrected chi connectivity index (χ4v) is 3.03. The van der Waals surface area contributed by atoms with Crippen LogP contribution in [-0.2, 0) is 6.42 Å². The van der Waals surface area contributed by atoms with Gasteiger partial charge in [-0.05, 0) is 56.5 Å². The third-order valence-electron chi connectivity index (χ3n) is 3.99. The van der Waals surface area contributed by atoms with E-state index in [2.05, 4.69) is 47.6 Å². The van der Waals surface area contributed by atoms with Crippen molar-refractivity contribution >= 4 is 0 Å². The van der Waals surface area contributed by atoms with Crippen LogP contribution in [0, 0.1) is 13.8 Å². The van der Waals surface area contributed by atoms with Crippen molar-refractivity contribution in [3.05, 3.63) is 40.7 Å². The molecule has 18 heavy (non-hydrogen) atoms. The minimum atomic E-state index is 0.507. The number of hydrogen-bond acceptors (Lipinski definition) is 2. The van der Waals surface area contributed by atoms with E-state index in [9.17, 15) is 0 Å². The molecule has 2 aromatic rings. The summed E-state index contributed by atoms with van der Waals surface area (Å²) in [7, 11) is 2.04. The van der Waals surface area contributed by atoms with Gasteiger partial charge in [0, 0.05) is 17.3 Å². The molecule has 3 heteroatoms. The van der Waals surface area contributed by atoms with Crippen LogP contribution in [0.5, 0.6) is 0 Å². The molecule has 0 aliphatic heterocycles. The maximum atomic E-state index is 4.28. The van der Waals surface area contributed by atoms with Gasteiger partial charge >= 0.3 is 0 Å². The second-order valence-corrected chi connectivity index (χ2v) is 5.10. The number of hydrogen-bond donors (Lipinski definition) is 2. The van der Waals surface area contributed by atoms with Gasteiger partial charge in [0.1, 0.15) is 0 Å². The van der Waals surface area contributed by atoms with Crippen LogP contribution in [0.4, 0.5) is 0 Å².